The lowest BCUT2D eigenvalue weighted by atomic mass is 9.75. The molecule has 0 bridgehead atoms. The second-order valence-electron chi connectivity index (χ2n) is 10.2. The van der Waals surface area contributed by atoms with Crippen LogP contribution in [0.1, 0.15) is 30.1 Å². The van der Waals surface area contributed by atoms with Crippen LogP contribution in [0.2, 0.25) is 0 Å². The number of fused-ring (bicyclic) bond motifs is 1. The van der Waals surface area contributed by atoms with Gasteiger partial charge >= 0.3 is 6.09 Å². The van der Waals surface area contributed by atoms with Gasteiger partial charge in [-0.05, 0) is 19.1 Å². The van der Waals surface area contributed by atoms with Crippen molar-refractivity contribution in [3.63, 3.8) is 0 Å². The number of halogens is 5. The predicted octanol–water partition coefficient (Wildman–Crippen LogP) is 3.61. The summed E-state index contributed by atoms with van der Waals surface area (Å²) >= 11 is 0. The number of nitrogens with one attached hydrogen (secondary N) is 1. The fraction of sp³-hybridized carbons (Fsp3) is 0.385. The maximum atomic E-state index is 14.9. The Morgan fingerprint density at radius 1 is 1.02 bits per heavy atom. The van der Waals surface area contributed by atoms with E-state index in [1.165, 1.54) is 31.1 Å². The Balaban J connectivity index is 1.60. The molecule has 40 heavy (non-hydrogen) atoms. The minimum Gasteiger partial charge on any atom is -0.453 e. The lowest BCUT2D eigenvalue weighted by Crippen LogP contribution is -2.60. The molecule has 1 saturated carbocycles. The van der Waals surface area contributed by atoms with E-state index in [0.29, 0.717) is 44.1 Å². The second-order valence-corrected chi connectivity index (χ2v) is 10.2. The minimum absolute atomic E-state index is 0.184. The highest BCUT2D eigenvalue weighted by molar-refractivity contribution is 5.98. The van der Waals surface area contributed by atoms with E-state index in [0.717, 1.165) is 10.8 Å². The van der Waals surface area contributed by atoms with Crippen molar-refractivity contribution in [1.29, 1.82) is 0 Å². The highest BCUT2D eigenvalue weighted by Gasteiger charge is 2.54. The quantitative estimate of drug-likeness (QED) is 0.486. The molecule has 2 fully saturated rings. The summed E-state index contributed by atoms with van der Waals surface area (Å²) in [5.41, 5.74) is -3.69. The topological polar surface area (TPSA) is 96.8 Å². The van der Waals surface area contributed by atoms with Gasteiger partial charge in [-0.15, -0.1) is 0 Å². The van der Waals surface area contributed by atoms with Crippen molar-refractivity contribution in [2.45, 2.75) is 31.2 Å². The molecular weight excluding hydrogens is 541 g/mol. The predicted molar refractivity (Wildman–Crippen MR) is 133 cm³/mol. The molecule has 1 aromatic carbocycles. The Kier molecular flexibility index (Phi) is 6.66. The van der Waals surface area contributed by atoms with E-state index in [-0.39, 0.29) is 11.0 Å². The first-order chi connectivity index (χ1) is 18.8. The molecule has 0 radical (unpaired) electrons. The van der Waals surface area contributed by atoms with Crippen LogP contribution in [-0.2, 0) is 4.74 Å². The number of carbonyl (C=O) groups excluding carboxylic acids is 2. The number of carbonyl (C=O) groups is 2. The Morgan fingerprint density at radius 2 is 1.65 bits per heavy atom. The Bertz CT molecular complexity index is 1550. The van der Waals surface area contributed by atoms with Crippen molar-refractivity contribution in [2.75, 3.05) is 38.2 Å². The second kappa shape index (κ2) is 9.75. The molecule has 9 nitrogen and oxygen atoms in total. The lowest BCUT2D eigenvalue weighted by Gasteiger charge is -2.45. The molecule has 5 rings (SSSR count). The summed E-state index contributed by atoms with van der Waals surface area (Å²) in [6, 6.07) is 3.69. The standard InChI is InChI=1S/C26H24F5N5O4/c1-25(12-26(30,31)13-25)33-23(38)16-11-36(20-17(28)9-14(27)10-18(20)29)22-15(21(16)37)3-4-19(32-22)34-5-7-35(8-6-34)24(39)40-2/h3-4,9-11H,5-8,12-13H2,1-2H3,(H,33,38). The number of benzene rings is 1. The highest BCUT2D eigenvalue weighted by Crippen LogP contribution is 2.45. The number of hydrogen-bond donors (Lipinski definition) is 1. The molecular formula is C26H24F5N5O4. The highest BCUT2D eigenvalue weighted by atomic mass is 19.3. The van der Waals surface area contributed by atoms with Crippen molar-refractivity contribution in [1.82, 2.24) is 19.8 Å². The van der Waals surface area contributed by atoms with Crippen molar-refractivity contribution in [2.24, 2.45) is 0 Å². The normalized spacial score (nSPS) is 17.9. The van der Waals surface area contributed by atoms with Gasteiger partial charge in [0.15, 0.2) is 17.3 Å². The summed E-state index contributed by atoms with van der Waals surface area (Å²) < 4.78 is 76.1. The summed E-state index contributed by atoms with van der Waals surface area (Å²) in [6.07, 6.45) is -0.898. The fourth-order valence-electron chi connectivity index (χ4n) is 5.23. The van der Waals surface area contributed by atoms with Gasteiger partial charge in [0.1, 0.15) is 22.9 Å². The van der Waals surface area contributed by atoms with Gasteiger partial charge in [-0.25, -0.2) is 31.7 Å². The van der Waals surface area contributed by atoms with Gasteiger partial charge in [-0.3, -0.25) is 14.2 Å². The summed E-state index contributed by atoms with van der Waals surface area (Å²) in [7, 11) is 1.27. The number of pyridine rings is 2. The zero-order valence-electron chi connectivity index (χ0n) is 21.4. The first-order valence-electron chi connectivity index (χ1n) is 12.3. The molecule has 3 heterocycles. The van der Waals surface area contributed by atoms with E-state index in [4.69, 9.17) is 4.74 Å². The van der Waals surface area contributed by atoms with Crippen LogP contribution in [0.4, 0.5) is 32.6 Å². The number of ether oxygens (including phenoxy) is 1. The Labute approximate surface area is 224 Å². The van der Waals surface area contributed by atoms with Crippen LogP contribution in [0.15, 0.2) is 35.3 Å². The fourth-order valence-corrected chi connectivity index (χ4v) is 5.23. The van der Waals surface area contributed by atoms with Crippen LogP contribution < -0.4 is 15.6 Å². The average Bonchev–Trinajstić information content (AvgIpc) is 2.87. The van der Waals surface area contributed by atoms with E-state index in [1.54, 1.807) is 4.90 Å². The Hall–Kier alpha value is -4.23. The molecule has 0 spiro atoms. The van der Waals surface area contributed by atoms with E-state index in [1.807, 2.05) is 0 Å². The summed E-state index contributed by atoms with van der Waals surface area (Å²) in [5.74, 6) is -7.48. The van der Waals surface area contributed by atoms with Crippen LogP contribution in [-0.4, -0.2) is 71.2 Å². The number of methoxy groups -OCH3 is 1. The number of anilines is 1. The van der Waals surface area contributed by atoms with Crippen molar-refractivity contribution in [3.05, 3.63) is 63.7 Å². The van der Waals surface area contributed by atoms with Crippen LogP contribution in [0.3, 0.4) is 0 Å². The van der Waals surface area contributed by atoms with E-state index < -0.39 is 70.4 Å². The van der Waals surface area contributed by atoms with Crippen LogP contribution in [0.25, 0.3) is 16.7 Å². The maximum absolute atomic E-state index is 14.9. The van der Waals surface area contributed by atoms with Gasteiger partial charge in [0.2, 0.25) is 5.43 Å². The van der Waals surface area contributed by atoms with E-state index >= 15 is 0 Å². The first kappa shape index (κ1) is 27.3. The molecule has 2 aromatic heterocycles. The third-order valence-corrected chi connectivity index (χ3v) is 7.05. The van der Waals surface area contributed by atoms with Gasteiger partial charge < -0.3 is 19.9 Å². The molecule has 14 heteroatoms. The van der Waals surface area contributed by atoms with Gasteiger partial charge in [0, 0.05) is 62.9 Å². The number of aromatic nitrogens is 2. The number of alkyl halides is 2. The molecule has 2 aliphatic rings. The summed E-state index contributed by atoms with van der Waals surface area (Å²) in [6.45, 7) is 2.67. The molecule has 3 aromatic rings. The molecule has 1 saturated heterocycles. The van der Waals surface area contributed by atoms with Crippen molar-refractivity contribution >= 4 is 28.9 Å². The third kappa shape index (κ3) is 4.93. The summed E-state index contributed by atoms with van der Waals surface area (Å²) in [4.78, 5) is 45.9. The molecule has 212 valence electrons. The van der Waals surface area contributed by atoms with Gasteiger partial charge in [-0.1, -0.05) is 0 Å². The van der Waals surface area contributed by atoms with E-state index in [9.17, 15) is 36.3 Å². The number of nitrogens with zero attached hydrogens (tertiary/aromatic N) is 4. The molecule has 0 unspecified atom stereocenters. The number of amides is 2. The number of rotatable bonds is 4. The SMILES string of the molecule is COC(=O)N1CCN(c2ccc3c(=O)c(C(=O)NC4(C)CC(F)(F)C4)cn(-c4c(F)cc(F)cc4F)c3n2)CC1. The zero-order valence-corrected chi connectivity index (χ0v) is 21.4. The Morgan fingerprint density at radius 3 is 2.23 bits per heavy atom. The number of piperazine rings is 1. The number of hydrogen-bond acceptors (Lipinski definition) is 6. The van der Waals surface area contributed by atoms with E-state index in [2.05, 4.69) is 10.3 Å². The zero-order chi connectivity index (χ0) is 29.0. The van der Waals surface area contributed by atoms with Gasteiger partial charge in [0.25, 0.3) is 11.8 Å². The first-order valence-corrected chi connectivity index (χ1v) is 12.3. The minimum atomic E-state index is -2.96. The van der Waals surface area contributed by atoms with Gasteiger partial charge in [-0.2, -0.15) is 0 Å². The molecule has 1 N–H and O–H groups in total. The molecule has 1 aliphatic heterocycles. The average molecular weight is 565 g/mol. The summed E-state index contributed by atoms with van der Waals surface area (Å²) in [5, 5.41) is 2.23. The monoisotopic (exact) mass is 565 g/mol. The third-order valence-electron chi connectivity index (χ3n) is 7.05. The van der Waals surface area contributed by atoms with Gasteiger partial charge in [0.05, 0.1) is 12.5 Å². The lowest BCUT2D eigenvalue weighted by molar-refractivity contribution is -0.124. The smallest absolute Gasteiger partial charge is 0.409 e. The maximum Gasteiger partial charge on any atom is 0.409 e. The largest absolute Gasteiger partial charge is 0.453 e. The molecule has 1 aliphatic carbocycles. The van der Waals surface area contributed by atoms with Crippen LogP contribution in [0.5, 0.6) is 0 Å². The van der Waals surface area contributed by atoms with Crippen LogP contribution in [0, 0.1) is 17.5 Å². The molecule has 0 atom stereocenters. The van der Waals surface area contributed by atoms with Crippen molar-refractivity contribution < 1.29 is 36.3 Å². The molecule has 2 amide bonds. The van der Waals surface area contributed by atoms with Crippen LogP contribution >= 0.6 is 0 Å². The van der Waals surface area contributed by atoms with Crippen molar-refractivity contribution in [3.8, 4) is 5.69 Å².